The Kier molecular flexibility index (Phi) is 11.5. The Balaban J connectivity index is 2.10. The second-order valence-corrected chi connectivity index (χ2v) is 13.2. The van der Waals surface area contributed by atoms with Gasteiger partial charge >= 0.3 is 0 Å². The summed E-state index contributed by atoms with van der Waals surface area (Å²) in [4.78, 5) is 28.8. The average Bonchev–Trinajstić information content (AvgIpc) is 2.92. The molecule has 41 heavy (non-hydrogen) atoms. The largest absolute Gasteiger partial charge is 0.354 e. The minimum atomic E-state index is -4.21. The second kappa shape index (κ2) is 14.4. The molecule has 3 rings (SSSR count). The Labute approximate surface area is 257 Å². The number of nitrogens with zero attached hydrogens (tertiary/aromatic N) is 2. The number of halogens is 3. The minimum absolute atomic E-state index is 0.0274. The van der Waals surface area contributed by atoms with E-state index >= 15 is 0 Å². The molecule has 1 atom stereocenters. The molecule has 0 aromatic heterocycles. The van der Waals surface area contributed by atoms with Crippen LogP contribution >= 0.6 is 34.8 Å². The molecule has 3 aromatic carbocycles. The first-order valence-corrected chi connectivity index (χ1v) is 15.8. The van der Waals surface area contributed by atoms with Gasteiger partial charge in [-0.3, -0.25) is 13.9 Å². The van der Waals surface area contributed by atoms with Gasteiger partial charge in [-0.25, -0.2) is 8.42 Å². The fraction of sp³-hybridized carbons (Fsp3) is 0.333. The minimum Gasteiger partial charge on any atom is -0.354 e. The Morgan fingerprint density at radius 3 is 2.07 bits per heavy atom. The Bertz CT molecular complexity index is 1460. The van der Waals surface area contributed by atoms with Crippen molar-refractivity contribution >= 4 is 62.3 Å². The van der Waals surface area contributed by atoms with Crippen molar-refractivity contribution < 1.29 is 18.0 Å². The normalized spacial score (nSPS) is 12.2. The number of anilines is 1. The summed E-state index contributed by atoms with van der Waals surface area (Å²) in [5.41, 5.74) is 1.45. The third-order valence-corrected chi connectivity index (χ3v) is 9.26. The Morgan fingerprint density at radius 2 is 1.51 bits per heavy atom. The maximum absolute atomic E-state index is 14.2. The molecular formula is C30H34Cl3N3O4S. The lowest BCUT2D eigenvalue weighted by Crippen LogP contribution is -2.52. The number of hydrogen-bond acceptors (Lipinski definition) is 4. The molecule has 0 unspecified atom stereocenters. The molecule has 0 bridgehead atoms. The second-order valence-electron chi connectivity index (χ2n) is 10.0. The van der Waals surface area contributed by atoms with Crippen LogP contribution in [0.4, 0.5) is 5.69 Å². The van der Waals surface area contributed by atoms with E-state index in [0.717, 1.165) is 4.31 Å². The number of carbonyl (C=O) groups is 2. The van der Waals surface area contributed by atoms with Gasteiger partial charge in [-0.05, 0) is 67.3 Å². The van der Waals surface area contributed by atoms with Gasteiger partial charge < -0.3 is 10.2 Å². The maximum atomic E-state index is 14.2. The SMILES string of the molecule is CC[C@@H](C(=O)NCC(C)C)N(Cc1c(Cl)cccc1Cl)C(=O)CN(c1ccccc1C)S(=O)(=O)c1ccc(Cl)cc1. The van der Waals surface area contributed by atoms with Gasteiger partial charge in [0.25, 0.3) is 10.0 Å². The van der Waals surface area contributed by atoms with Crippen LogP contribution in [0.15, 0.2) is 71.6 Å². The highest BCUT2D eigenvalue weighted by Gasteiger charge is 2.34. The molecule has 0 saturated carbocycles. The van der Waals surface area contributed by atoms with Crippen LogP contribution in [0.2, 0.25) is 15.1 Å². The number of amides is 2. The number of hydrogen-bond donors (Lipinski definition) is 1. The number of rotatable bonds is 12. The van der Waals surface area contributed by atoms with Crippen molar-refractivity contribution in [2.75, 3.05) is 17.4 Å². The van der Waals surface area contributed by atoms with Gasteiger partial charge in [-0.1, -0.05) is 79.8 Å². The molecule has 0 heterocycles. The van der Waals surface area contributed by atoms with E-state index in [1.807, 2.05) is 13.8 Å². The first kappa shape index (κ1) is 32.7. The summed E-state index contributed by atoms with van der Waals surface area (Å²) in [6.45, 7) is 7.26. The Morgan fingerprint density at radius 1 is 0.902 bits per heavy atom. The van der Waals surface area contributed by atoms with Gasteiger partial charge in [-0.15, -0.1) is 0 Å². The lowest BCUT2D eigenvalue weighted by molar-refractivity contribution is -0.140. The van der Waals surface area contributed by atoms with Crippen molar-refractivity contribution in [3.63, 3.8) is 0 Å². The number of para-hydroxylation sites is 1. The number of sulfonamides is 1. The van der Waals surface area contributed by atoms with Crippen molar-refractivity contribution in [1.82, 2.24) is 10.2 Å². The number of carbonyl (C=O) groups excluding carboxylic acids is 2. The van der Waals surface area contributed by atoms with E-state index in [9.17, 15) is 18.0 Å². The maximum Gasteiger partial charge on any atom is 0.264 e. The first-order chi connectivity index (χ1) is 19.4. The fourth-order valence-corrected chi connectivity index (χ4v) is 6.41. The molecule has 0 spiro atoms. The van der Waals surface area contributed by atoms with E-state index in [0.29, 0.717) is 38.4 Å². The summed E-state index contributed by atoms with van der Waals surface area (Å²) in [5.74, 6) is -0.742. The highest BCUT2D eigenvalue weighted by atomic mass is 35.5. The molecule has 0 saturated heterocycles. The zero-order valence-electron chi connectivity index (χ0n) is 23.4. The summed E-state index contributed by atoms with van der Waals surface area (Å²) in [6, 6.07) is 16.7. The average molecular weight is 639 g/mol. The smallest absolute Gasteiger partial charge is 0.264 e. The first-order valence-electron chi connectivity index (χ1n) is 13.2. The zero-order valence-corrected chi connectivity index (χ0v) is 26.5. The van der Waals surface area contributed by atoms with Crippen molar-refractivity contribution in [2.45, 2.75) is 51.6 Å². The number of aryl methyl sites for hydroxylation is 1. The summed E-state index contributed by atoms with van der Waals surface area (Å²) < 4.78 is 29.0. The predicted molar refractivity (Wildman–Crippen MR) is 166 cm³/mol. The van der Waals surface area contributed by atoms with Crippen LogP contribution in [-0.2, 0) is 26.2 Å². The molecule has 7 nitrogen and oxygen atoms in total. The van der Waals surface area contributed by atoms with Crippen molar-refractivity contribution in [3.05, 3.63) is 92.9 Å². The molecule has 3 aromatic rings. The van der Waals surface area contributed by atoms with Gasteiger partial charge in [0.1, 0.15) is 12.6 Å². The number of benzene rings is 3. The van der Waals surface area contributed by atoms with Gasteiger partial charge in [0.15, 0.2) is 0 Å². The highest BCUT2D eigenvalue weighted by Crippen LogP contribution is 2.30. The molecular weight excluding hydrogens is 605 g/mol. The third kappa shape index (κ3) is 8.16. The molecule has 0 aliphatic heterocycles. The van der Waals surface area contributed by atoms with Gasteiger partial charge in [-0.2, -0.15) is 0 Å². The quantitative estimate of drug-likeness (QED) is 0.238. The van der Waals surface area contributed by atoms with E-state index in [4.69, 9.17) is 34.8 Å². The van der Waals surface area contributed by atoms with E-state index in [1.165, 1.54) is 29.2 Å². The van der Waals surface area contributed by atoms with Crippen molar-refractivity contribution in [1.29, 1.82) is 0 Å². The van der Waals surface area contributed by atoms with Crippen LogP contribution in [0, 0.1) is 12.8 Å². The van der Waals surface area contributed by atoms with Crippen LogP contribution in [-0.4, -0.2) is 44.3 Å². The third-order valence-electron chi connectivity index (χ3n) is 6.53. The summed E-state index contributed by atoms with van der Waals surface area (Å²) in [6.07, 6.45) is 0.284. The van der Waals surface area contributed by atoms with Crippen LogP contribution in [0.3, 0.4) is 0 Å². The van der Waals surface area contributed by atoms with E-state index < -0.39 is 28.5 Å². The summed E-state index contributed by atoms with van der Waals surface area (Å²) >= 11 is 18.9. The zero-order chi connectivity index (χ0) is 30.3. The van der Waals surface area contributed by atoms with Gasteiger partial charge in [0, 0.05) is 33.7 Å². The van der Waals surface area contributed by atoms with Crippen LogP contribution in [0.25, 0.3) is 0 Å². The van der Waals surface area contributed by atoms with E-state index in [1.54, 1.807) is 56.3 Å². The monoisotopic (exact) mass is 637 g/mol. The molecule has 1 N–H and O–H groups in total. The van der Waals surface area contributed by atoms with Crippen LogP contribution in [0.1, 0.15) is 38.3 Å². The molecule has 11 heteroatoms. The predicted octanol–water partition coefficient (Wildman–Crippen LogP) is 6.73. The fourth-order valence-electron chi connectivity index (χ4n) is 4.29. The molecule has 0 fully saturated rings. The molecule has 0 radical (unpaired) electrons. The standard InChI is InChI=1S/C30H34Cl3N3O4S/c1-5-27(30(38)34-17-20(2)3)35(18-24-25(32)10-8-11-26(24)33)29(37)19-36(28-12-7-6-9-21(28)4)41(39,40)23-15-13-22(31)14-16-23/h6-16,20,27H,5,17-19H2,1-4H3,(H,34,38)/t27-/m0/s1. The highest BCUT2D eigenvalue weighted by molar-refractivity contribution is 7.92. The van der Waals surface area contributed by atoms with Crippen molar-refractivity contribution in [3.8, 4) is 0 Å². The lowest BCUT2D eigenvalue weighted by atomic mass is 10.1. The molecule has 0 aliphatic carbocycles. The topological polar surface area (TPSA) is 86.8 Å². The van der Waals surface area contributed by atoms with Gasteiger partial charge in [0.05, 0.1) is 10.6 Å². The summed E-state index contributed by atoms with van der Waals surface area (Å²) in [5, 5.41) is 3.94. The summed E-state index contributed by atoms with van der Waals surface area (Å²) in [7, 11) is -4.21. The molecule has 0 aliphatic rings. The van der Waals surface area contributed by atoms with Crippen molar-refractivity contribution in [2.24, 2.45) is 5.92 Å². The van der Waals surface area contributed by atoms with E-state index in [-0.39, 0.29) is 29.7 Å². The van der Waals surface area contributed by atoms with Crippen LogP contribution < -0.4 is 9.62 Å². The molecule has 220 valence electrons. The Hall–Kier alpha value is -2.78. The van der Waals surface area contributed by atoms with E-state index in [2.05, 4.69) is 5.32 Å². The number of nitrogens with one attached hydrogen (secondary N) is 1. The van der Waals surface area contributed by atoms with Gasteiger partial charge in [0.2, 0.25) is 11.8 Å². The molecule has 2 amide bonds. The lowest BCUT2D eigenvalue weighted by Gasteiger charge is -2.34. The van der Waals surface area contributed by atoms with Crippen LogP contribution in [0.5, 0.6) is 0 Å².